The van der Waals surface area contributed by atoms with E-state index in [2.05, 4.69) is 21.0 Å². The fourth-order valence-corrected chi connectivity index (χ4v) is 3.63. The second kappa shape index (κ2) is 9.51. The van der Waals surface area contributed by atoms with Gasteiger partial charge in [0, 0.05) is 20.6 Å². The molecule has 3 aromatic carbocycles. The van der Waals surface area contributed by atoms with Gasteiger partial charge in [0.25, 0.3) is 11.8 Å². The molecule has 0 fully saturated rings. The molecule has 4 rings (SSSR count). The Balaban J connectivity index is 1.59. The summed E-state index contributed by atoms with van der Waals surface area (Å²) in [4.78, 5) is 25.7. The lowest BCUT2D eigenvalue weighted by Crippen LogP contribution is -2.29. The van der Waals surface area contributed by atoms with Crippen LogP contribution in [0.4, 0.5) is 0 Å². The van der Waals surface area contributed by atoms with Crippen molar-refractivity contribution >= 4 is 51.1 Å². The highest BCUT2D eigenvalue weighted by Crippen LogP contribution is 2.29. The standard InChI is InChI=1S/C25H18BrClN2O3/c1-16-22(25(31)29(28-16)24(30)18-5-3-2-4-6-18)14-19-13-21(27)11-12-23(19)32-15-17-7-9-20(26)10-8-17/h2-14H,15H2,1H3/b22-14+. The molecule has 0 unspecified atom stereocenters. The SMILES string of the molecule is CC1=NN(C(=O)c2ccccc2)C(=O)/C1=C/c1cc(Cl)ccc1OCc1ccc(Br)cc1. The molecular weight excluding hydrogens is 492 g/mol. The number of carbonyl (C=O) groups is 2. The number of hydrogen-bond donors (Lipinski definition) is 0. The van der Waals surface area contributed by atoms with Crippen LogP contribution in [0.3, 0.4) is 0 Å². The van der Waals surface area contributed by atoms with Crippen molar-refractivity contribution in [3.63, 3.8) is 0 Å². The van der Waals surface area contributed by atoms with Gasteiger partial charge in [-0.25, -0.2) is 0 Å². The second-order valence-corrected chi connectivity index (χ2v) is 8.48. The monoisotopic (exact) mass is 508 g/mol. The Labute approximate surface area is 199 Å². The molecule has 0 N–H and O–H groups in total. The molecule has 1 heterocycles. The van der Waals surface area contributed by atoms with Crippen molar-refractivity contribution < 1.29 is 14.3 Å². The van der Waals surface area contributed by atoms with Crippen molar-refractivity contribution in [2.24, 2.45) is 5.10 Å². The fraction of sp³-hybridized carbons (Fsp3) is 0.0800. The minimum absolute atomic E-state index is 0.310. The van der Waals surface area contributed by atoms with E-state index >= 15 is 0 Å². The number of hydrazone groups is 1. The Morgan fingerprint density at radius 2 is 1.81 bits per heavy atom. The summed E-state index contributed by atoms with van der Waals surface area (Å²) < 4.78 is 6.98. The van der Waals surface area contributed by atoms with Crippen LogP contribution in [0.15, 0.2) is 87.9 Å². The lowest BCUT2D eigenvalue weighted by atomic mass is 10.1. The summed E-state index contributed by atoms with van der Waals surface area (Å²) in [6.45, 7) is 2.04. The summed E-state index contributed by atoms with van der Waals surface area (Å²) in [7, 11) is 0. The second-order valence-electron chi connectivity index (χ2n) is 7.13. The Morgan fingerprint density at radius 1 is 1.09 bits per heavy atom. The van der Waals surface area contributed by atoms with Crippen molar-refractivity contribution in [1.82, 2.24) is 5.01 Å². The first-order chi connectivity index (χ1) is 15.4. The van der Waals surface area contributed by atoms with Gasteiger partial charge in [0.1, 0.15) is 12.4 Å². The van der Waals surface area contributed by atoms with E-state index < -0.39 is 11.8 Å². The first-order valence-electron chi connectivity index (χ1n) is 9.80. The largest absolute Gasteiger partial charge is 0.488 e. The third-order valence-corrected chi connectivity index (χ3v) is 5.62. The van der Waals surface area contributed by atoms with Crippen LogP contribution >= 0.6 is 27.5 Å². The van der Waals surface area contributed by atoms with Crippen LogP contribution in [0.25, 0.3) is 6.08 Å². The first kappa shape index (κ1) is 22.0. The summed E-state index contributed by atoms with van der Waals surface area (Å²) in [6.07, 6.45) is 1.65. The molecule has 0 spiro atoms. The van der Waals surface area contributed by atoms with Crippen LogP contribution < -0.4 is 4.74 Å². The predicted octanol–water partition coefficient (Wildman–Crippen LogP) is 6.12. The number of halogens is 2. The molecule has 0 aliphatic carbocycles. The number of hydrogen-bond acceptors (Lipinski definition) is 4. The summed E-state index contributed by atoms with van der Waals surface area (Å²) in [5, 5.41) is 5.58. The lowest BCUT2D eigenvalue weighted by Gasteiger charge is -2.11. The van der Waals surface area contributed by atoms with E-state index in [1.807, 2.05) is 24.3 Å². The Hall–Kier alpha value is -3.22. The first-order valence-corrected chi connectivity index (χ1v) is 11.0. The van der Waals surface area contributed by atoms with Gasteiger partial charge in [-0.1, -0.05) is 57.9 Å². The number of amides is 2. The number of nitrogens with zero attached hydrogens (tertiary/aromatic N) is 2. The summed E-state index contributed by atoms with van der Waals surface area (Å²) >= 11 is 9.62. The molecule has 0 saturated heterocycles. The quantitative estimate of drug-likeness (QED) is 0.307. The maximum atomic E-state index is 13.0. The van der Waals surface area contributed by atoms with Gasteiger partial charge in [0.05, 0.1) is 11.3 Å². The van der Waals surface area contributed by atoms with Crippen molar-refractivity contribution in [1.29, 1.82) is 0 Å². The third-order valence-electron chi connectivity index (χ3n) is 4.85. The van der Waals surface area contributed by atoms with E-state index in [0.29, 0.717) is 39.8 Å². The molecule has 1 aliphatic rings. The zero-order valence-corrected chi connectivity index (χ0v) is 19.4. The van der Waals surface area contributed by atoms with Gasteiger partial charge >= 0.3 is 0 Å². The van der Waals surface area contributed by atoms with Crippen LogP contribution in [0.2, 0.25) is 5.02 Å². The molecule has 0 bridgehead atoms. The molecule has 0 atom stereocenters. The molecule has 2 amide bonds. The normalized spacial score (nSPS) is 14.6. The summed E-state index contributed by atoms with van der Waals surface area (Å²) in [6, 6.07) is 21.6. The van der Waals surface area contributed by atoms with Crippen molar-refractivity contribution in [2.75, 3.05) is 0 Å². The van der Waals surface area contributed by atoms with Crippen LogP contribution in [-0.2, 0) is 11.4 Å². The van der Waals surface area contributed by atoms with E-state index in [4.69, 9.17) is 16.3 Å². The van der Waals surface area contributed by atoms with Crippen molar-refractivity contribution in [3.8, 4) is 5.75 Å². The van der Waals surface area contributed by atoms with Crippen LogP contribution in [0.1, 0.15) is 28.4 Å². The summed E-state index contributed by atoms with van der Waals surface area (Å²) in [5.74, 6) is -0.399. The maximum absolute atomic E-state index is 13.0. The Bertz CT molecular complexity index is 1240. The smallest absolute Gasteiger partial charge is 0.283 e. The minimum Gasteiger partial charge on any atom is -0.488 e. The molecular formula is C25H18BrClN2O3. The third kappa shape index (κ3) is 4.82. The average Bonchev–Trinajstić information content (AvgIpc) is 3.08. The highest BCUT2D eigenvalue weighted by molar-refractivity contribution is 9.10. The topological polar surface area (TPSA) is 59.0 Å². The molecule has 32 heavy (non-hydrogen) atoms. The molecule has 3 aromatic rings. The minimum atomic E-state index is -0.491. The molecule has 5 nitrogen and oxygen atoms in total. The van der Waals surface area contributed by atoms with Crippen molar-refractivity contribution in [3.05, 3.63) is 105 Å². The highest BCUT2D eigenvalue weighted by atomic mass is 79.9. The number of benzene rings is 3. The van der Waals surface area contributed by atoms with Crippen LogP contribution in [0.5, 0.6) is 5.75 Å². The van der Waals surface area contributed by atoms with Gasteiger partial charge in [-0.05, 0) is 61.0 Å². The summed E-state index contributed by atoms with van der Waals surface area (Å²) in [5.41, 5.74) is 2.76. The maximum Gasteiger partial charge on any atom is 0.283 e. The zero-order valence-electron chi connectivity index (χ0n) is 17.1. The zero-order chi connectivity index (χ0) is 22.7. The average molecular weight is 510 g/mol. The fourth-order valence-electron chi connectivity index (χ4n) is 3.19. The molecule has 1 aliphatic heterocycles. The van der Waals surface area contributed by atoms with Crippen LogP contribution in [-0.4, -0.2) is 22.5 Å². The van der Waals surface area contributed by atoms with E-state index in [9.17, 15) is 9.59 Å². The predicted molar refractivity (Wildman–Crippen MR) is 129 cm³/mol. The lowest BCUT2D eigenvalue weighted by molar-refractivity contribution is -0.123. The van der Waals surface area contributed by atoms with E-state index in [-0.39, 0.29) is 0 Å². The van der Waals surface area contributed by atoms with E-state index in [1.165, 1.54) is 0 Å². The van der Waals surface area contributed by atoms with Gasteiger partial charge in [-0.15, -0.1) is 0 Å². The van der Waals surface area contributed by atoms with Gasteiger partial charge in [-0.3, -0.25) is 9.59 Å². The molecule has 7 heteroatoms. The van der Waals surface area contributed by atoms with Gasteiger partial charge in [0.15, 0.2) is 0 Å². The van der Waals surface area contributed by atoms with E-state index in [0.717, 1.165) is 15.0 Å². The number of imide groups is 1. The van der Waals surface area contributed by atoms with Crippen LogP contribution in [0, 0.1) is 0 Å². The van der Waals surface area contributed by atoms with Crippen molar-refractivity contribution in [2.45, 2.75) is 13.5 Å². The number of carbonyl (C=O) groups excluding carboxylic acids is 2. The van der Waals surface area contributed by atoms with Gasteiger partial charge in [0.2, 0.25) is 0 Å². The van der Waals surface area contributed by atoms with Gasteiger partial charge < -0.3 is 4.74 Å². The number of ether oxygens (including phenoxy) is 1. The van der Waals surface area contributed by atoms with E-state index in [1.54, 1.807) is 61.5 Å². The highest BCUT2D eigenvalue weighted by Gasteiger charge is 2.33. The Morgan fingerprint density at radius 3 is 2.53 bits per heavy atom. The molecule has 0 aromatic heterocycles. The van der Waals surface area contributed by atoms with Gasteiger partial charge in [-0.2, -0.15) is 10.1 Å². The Kier molecular flexibility index (Phi) is 6.53. The number of rotatable bonds is 5. The molecule has 160 valence electrons. The molecule has 0 saturated carbocycles. The molecule has 0 radical (unpaired) electrons.